The van der Waals surface area contributed by atoms with E-state index in [-0.39, 0.29) is 11.2 Å². The van der Waals surface area contributed by atoms with Crippen LogP contribution in [0.15, 0.2) is 71.5 Å². The monoisotopic (exact) mass is 538 g/mol. The number of rotatable bonds is 5. The van der Waals surface area contributed by atoms with E-state index in [1.807, 2.05) is 55.4 Å². The third kappa shape index (κ3) is 4.40. The van der Waals surface area contributed by atoms with Gasteiger partial charge in [-0.25, -0.2) is 4.98 Å². The van der Waals surface area contributed by atoms with Crippen LogP contribution in [0.3, 0.4) is 0 Å². The first-order chi connectivity index (χ1) is 15.3. The van der Waals surface area contributed by atoms with E-state index in [2.05, 4.69) is 27.6 Å². The molecule has 0 N–H and O–H groups in total. The van der Waals surface area contributed by atoms with E-state index in [1.165, 1.54) is 16.7 Å². The van der Waals surface area contributed by atoms with Gasteiger partial charge in [0.2, 0.25) is 0 Å². The zero-order valence-corrected chi connectivity index (χ0v) is 19.6. The summed E-state index contributed by atoms with van der Waals surface area (Å²) < 4.78 is 2.32. The number of nitrogens with zero attached hydrogens (tertiary/aromatic N) is 4. The van der Waals surface area contributed by atoms with Gasteiger partial charge in [-0.15, -0.1) is 0 Å². The molecule has 0 aliphatic rings. The average Bonchev–Trinajstić information content (AvgIpc) is 2.78. The predicted octanol–water partition coefficient (Wildman–Crippen LogP) is 5.13. The second-order valence-corrected chi connectivity index (χ2v) is 8.61. The number of non-ortho nitro benzene ring substituents is 1. The Morgan fingerprint density at radius 2 is 1.78 bits per heavy atom. The number of anilines is 1. The Bertz CT molecular complexity index is 1410. The summed E-state index contributed by atoms with van der Waals surface area (Å²) in [6.45, 7) is 0. The van der Waals surface area contributed by atoms with Gasteiger partial charge in [0, 0.05) is 35.5 Å². The largest absolute Gasteiger partial charge is 0.378 e. The Morgan fingerprint density at radius 3 is 2.47 bits per heavy atom. The first-order valence-electron chi connectivity index (χ1n) is 9.76. The summed E-state index contributed by atoms with van der Waals surface area (Å²) in [6, 6.07) is 19.4. The maximum atomic E-state index is 13.4. The SMILES string of the molecule is CN(C)c1ccc(C=Cc2nc3ccc(I)cc3c(=O)n2-c2cccc([N+](=O)[O-])c2)cc1. The lowest BCUT2D eigenvalue weighted by Gasteiger charge is -2.12. The Kier molecular flexibility index (Phi) is 6.04. The van der Waals surface area contributed by atoms with Crippen LogP contribution in [0.25, 0.3) is 28.7 Å². The van der Waals surface area contributed by atoms with Crippen LogP contribution in [0, 0.1) is 13.7 Å². The molecule has 32 heavy (non-hydrogen) atoms. The van der Waals surface area contributed by atoms with Gasteiger partial charge in [-0.05, 0) is 70.6 Å². The molecule has 0 unspecified atom stereocenters. The van der Waals surface area contributed by atoms with Crippen molar-refractivity contribution in [3.8, 4) is 5.69 Å². The molecule has 0 aliphatic heterocycles. The molecule has 0 spiro atoms. The summed E-state index contributed by atoms with van der Waals surface area (Å²) in [4.78, 5) is 30.9. The third-order valence-electron chi connectivity index (χ3n) is 4.99. The first kappa shape index (κ1) is 21.7. The number of fused-ring (bicyclic) bond motifs is 1. The molecule has 0 aliphatic carbocycles. The maximum Gasteiger partial charge on any atom is 0.271 e. The molecular weight excluding hydrogens is 519 g/mol. The molecule has 4 aromatic rings. The van der Waals surface area contributed by atoms with E-state index in [9.17, 15) is 14.9 Å². The van der Waals surface area contributed by atoms with Crippen molar-refractivity contribution in [2.75, 3.05) is 19.0 Å². The van der Waals surface area contributed by atoms with Gasteiger partial charge in [-0.1, -0.05) is 24.3 Å². The number of benzene rings is 3. The molecule has 7 nitrogen and oxygen atoms in total. The number of nitro groups is 1. The molecule has 1 aromatic heterocycles. The Morgan fingerprint density at radius 1 is 1.03 bits per heavy atom. The molecule has 160 valence electrons. The molecule has 0 radical (unpaired) electrons. The normalized spacial score (nSPS) is 11.2. The average molecular weight is 538 g/mol. The zero-order valence-electron chi connectivity index (χ0n) is 17.4. The van der Waals surface area contributed by atoms with Gasteiger partial charge in [0.05, 0.1) is 21.5 Å². The minimum Gasteiger partial charge on any atom is -0.378 e. The van der Waals surface area contributed by atoms with Crippen molar-refractivity contribution < 1.29 is 4.92 Å². The van der Waals surface area contributed by atoms with Gasteiger partial charge < -0.3 is 4.90 Å². The van der Waals surface area contributed by atoms with Crippen LogP contribution in [0.4, 0.5) is 11.4 Å². The third-order valence-corrected chi connectivity index (χ3v) is 5.66. The minimum atomic E-state index is -0.478. The van der Waals surface area contributed by atoms with Crippen LogP contribution in [-0.4, -0.2) is 28.6 Å². The number of aromatic nitrogens is 2. The molecular formula is C24H19IN4O3. The van der Waals surface area contributed by atoms with E-state index in [1.54, 1.807) is 30.3 Å². The molecule has 0 saturated heterocycles. The topological polar surface area (TPSA) is 81.3 Å². The quantitative estimate of drug-likeness (QED) is 0.200. The smallest absolute Gasteiger partial charge is 0.271 e. The fourth-order valence-electron chi connectivity index (χ4n) is 3.34. The lowest BCUT2D eigenvalue weighted by Crippen LogP contribution is -2.22. The van der Waals surface area contributed by atoms with Crippen molar-refractivity contribution in [3.63, 3.8) is 0 Å². The summed E-state index contributed by atoms with van der Waals surface area (Å²) in [6.07, 6.45) is 3.62. The van der Waals surface area contributed by atoms with Crippen molar-refractivity contribution >= 4 is 57.0 Å². The van der Waals surface area contributed by atoms with Crippen molar-refractivity contribution in [2.24, 2.45) is 0 Å². The van der Waals surface area contributed by atoms with E-state index in [0.717, 1.165) is 14.8 Å². The van der Waals surface area contributed by atoms with E-state index < -0.39 is 4.92 Å². The fourth-order valence-corrected chi connectivity index (χ4v) is 3.83. The van der Waals surface area contributed by atoms with Gasteiger partial charge in [0.25, 0.3) is 11.2 Å². The molecule has 8 heteroatoms. The van der Waals surface area contributed by atoms with E-state index in [0.29, 0.717) is 22.4 Å². The highest BCUT2D eigenvalue weighted by atomic mass is 127. The predicted molar refractivity (Wildman–Crippen MR) is 136 cm³/mol. The number of hydrogen-bond acceptors (Lipinski definition) is 5. The lowest BCUT2D eigenvalue weighted by molar-refractivity contribution is -0.384. The summed E-state index contributed by atoms with van der Waals surface area (Å²) >= 11 is 2.14. The van der Waals surface area contributed by atoms with Gasteiger partial charge in [0.1, 0.15) is 5.82 Å². The maximum absolute atomic E-state index is 13.4. The summed E-state index contributed by atoms with van der Waals surface area (Å²) in [5.74, 6) is 0.390. The highest BCUT2D eigenvalue weighted by molar-refractivity contribution is 14.1. The van der Waals surface area contributed by atoms with E-state index in [4.69, 9.17) is 0 Å². The number of hydrogen-bond donors (Lipinski definition) is 0. The summed E-state index contributed by atoms with van der Waals surface area (Å²) in [7, 11) is 3.95. The molecule has 0 amide bonds. The Hall–Kier alpha value is -3.53. The summed E-state index contributed by atoms with van der Waals surface area (Å²) in [5, 5.41) is 11.7. The molecule has 4 rings (SSSR count). The summed E-state index contributed by atoms with van der Waals surface area (Å²) in [5.41, 5.74) is 2.61. The van der Waals surface area contributed by atoms with Crippen LogP contribution in [0.1, 0.15) is 11.4 Å². The van der Waals surface area contributed by atoms with Crippen LogP contribution >= 0.6 is 22.6 Å². The van der Waals surface area contributed by atoms with Crippen molar-refractivity contribution in [2.45, 2.75) is 0 Å². The van der Waals surface area contributed by atoms with Gasteiger partial charge in [-0.2, -0.15) is 0 Å². The van der Waals surface area contributed by atoms with Crippen LogP contribution in [0.5, 0.6) is 0 Å². The van der Waals surface area contributed by atoms with E-state index >= 15 is 0 Å². The molecule has 0 fully saturated rings. The molecule has 0 atom stereocenters. The second kappa shape index (κ2) is 8.91. The van der Waals surface area contributed by atoms with Gasteiger partial charge in [0.15, 0.2) is 0 Å². The molecule has 1 heterocycles. The number of halogens is 1. The fraction of sp³-hybridized carbons (Fsp3) is 0.0833. The van der Waals surface area contributed by atoms with Crippen LogP contribution in [0.2, 0.25) is 0 Å². The van der Waals surface area contributed by atoms with Gasteiger partial charge >= 0.3 is 0 Å². The van der Waals surface area contributed by atoms with Crippen LogP contribution in [-0.2, 0) is 0 Å². The standard InChI is InChI=1S/C24H19IN4O3/c1-27(2)18-10-6-16(7-11-18)8-13-23-26-22-12-9-17(25)14-21(22)24(30)28(23)19-4-3-5-20(15-19)29(31)32/h3-15H,1-2H3. The van der Waals surface area contributed by atoms with Crippen molar-refractivity contribution in [1.29, 1.82) is 0 Å². The first-order valence-corrected chi connectivity index (χ1v) is 10.8. The Balaban J connectivity index is 1.90. The lowest BCUT2D eigenvalue weighted by atomic mass is 10.1. The van der Waals surface area contributed by atoms with Gasteiger partial charge in [-0.3, -0.25) is 19.5 Å². The highest BCUT2D eigenvalue weighted by Gasteiger charge is 2.14. The zero-order chi connectivity index (χ0) is 22.8. The van der Waals surface area contributed by atoms with Crippen molar-refractivity contribution in [3.05, 3.63) is 102 Å². The highest BCUT2D eigenvalue weighted by Crippen LogP contribution is 2.21. The Labute approximate surface area is 197 Å². The molecule has 0 saturated carbocycles. The molecule has 3 aromatic carbocycles. The second-order valence-electron chi connectivity index (χ2n) is 7.37. The number of nitro benzene ring substituents is 1. The molecule has 0 bridgehead atoms. The van der Waals surface area contributed by atoms with Crippen LogP contribution < -0.4 is 10.5 Å². The van der Waals surface area contributed by atoms with Crippen molar-refractivity contribution in [1.82, 2.24) is 9.55 Å². The minimum absolute atomic E-state index is 0.0913.